The van der Waals surface area contributed by atoms with Gasteiger partial charge in [-0.2, -0.15) is 18.4 Å². The molecule has 0 unspecified atom stereocenters. The predicted octanol–water partition coefficient (Wildman–Crippen LogP) is 4.36. The highest BCUT2D eigenvalue weighted by atomic mass is 19.4. The molecule has 0 spiro atoms. The summed E-state index contributed by atoms with van der Waals surface area (Å²) < 4.78 is 53.5. The van der Waals surface area contributed by atoms with Gasteiger partial charge in [-0.3, -0.25) is 9.78 Å². The number of aromatic nitrogens is 2. The summed E-state index contributed by atoms with van der Waals surface area (Å²) in [5.74, 6) is -0.703. The maximum absolute atomic E-state index is 13.5. The second-order valence-corrected chi connectivity index (χ2v) is 6.26. The van der Waals surface area contributed by atoms with Crippen molar-refractivity contribution in [2.24, 2.45) is 0 Å². The van der Waals surface area contributed by atoms with Crippen LogP contribution in [-0.4, -0.2) is 15.9 Å². The number of rotatable bonds is 5. The average Bonchev–Trinajstić information content (AvgIpc) is 2.77. The first kappa shape index (κ1) is 20.9. The Morgan fingerprint density at radius 3 is 2.40 bits per heavy atom. The van der Waals surface area contributed by atoms with Crippen molar-refractivity contribution in [3.63, 3.8) is 0 Å². The number of nitriles is 1. The normalized spacial score (nSPS) is 12.1. The number of amides is 1. The molecule has 1 atom stereocenters. The van der Waals surface area contributed by atoms with Crippen LogP contribution in [0.5, 0.6) is 0 Å². The Morgan fingerprint density at radius 1 is 1.10 bits per heavy atom. The van der Waals surface area contributed by atoms with E-state index in [1.165, 1.54) is 42.6 Å². The highest BCUT2D eigenvalue weighted by Gasteiger charge is 2.37. The molecule has 0 bridgehead atoms. The summed E-state index contributed by atoms with van der Waals surface area (Å²) in [5, 5.41) is 11.3. The molecule has 1 N–H and O–H groups in total. The van der Waals surface area contributed by atoms with Crippen molar-refractivity contribution in [1.29, 1.82) is 5.26 Å². The molecule has 3 aromatic rings. The zero-order valence-electron chi connectivity index (χ0n) is 15.3. The summed E-state index contributed by atoms with van der Waals surface area (Å²) in [7, 11) is 0. The average molecular weight is 414 g/mol. The van der Waals surface area contributed by atoms with E-state index in [2.05, 4.69) is 15.3 Å². The van der Waals surface area contributed by atoms with Gasteiger partial charge in [0.2, 0.25) is 0 Å². The molecule has 30 heavy (non-hydrogen) atoms. The number of halogens is 4. The molecule has 0 saturated heterocycles. The quantitative estimate of drug-likeness (QED) is 0.630. The van der Waals surface area contributed by atoms with E-state index in [4.69, 9.17) is 5.26 Å². The molecule has 0 radical (unpaired) electrons. The minimum Gasteiger partial charge on any atom is -0.339 e. The Kier molecular flexibility index (Phi) is 6.06. The molecule has 152 valence electrons. The van der Waals surface area contributed by atoms with Gasteiger partial charge in [-0.1, -0.05) is 24.3 Å². The Bertz CT molecular complexity index is 1070. The van der Waals surface area contributed by atoms with Gasteiger partial charge in [-0.25, -0.2) is 9.37 Å². The SMILES string of the molecule is N#Cc1ccc(C(=O)N[C@@H](c2ccc(CF)cc2)c2ncccc2C(F)(F)F)cn1. The van der Waals surface area contributed by atoms with E-state index in [0.717, 1.165) is 18.3 Å². The number of carbonyl (C=O) groups is 1. The first-order valence-electron chi connectivity index (χ1n) is 8.67. The third-order valence-electron chi connectivity index (χ3n) is 4.30. The van der Waals surface area contributed by atoms with Gasteiger partial charge in [0.1, 0.15) is 18.4 Å². The lowest BCUT2D eigenvalue weighted by atomic mass is 9.97. The molecule has 3 rings (SSSR count). The third-order valence-corrected chi connectivity index (χ3v) is 4.30. The molecule has 1 amide bonds. The molecule has 9 heteroatoms. The van der Waals surface area contributed by atoms with Crippen LogP contribution in [0, 0.1) is 11.3 Å². The standard InChI is InChI=1S/C21H14F4N4O/c22-10-13-3-5-14(6-4-13)18(19-17(21(23,24)25)2-1-9-27-19)29-20(30)15-7-8-16(11-26)28-12-15/h1-9,12,18H,10H2,(H,29,30)/t18-/m0/s1. The third kappa shape index (κ3) is 4.60. The monoisotopic (exact) mass is 414 g/mol. The second-order valence-electron chi connectivity index (χ2n) is 6.26. The number of nitrogens with zero attached hydrogens (tertiary/aromatic N) is 3. The first-order valence-corrected chi connectivity index (χ1v) is 8.67. The van der Waals surface area contributed by atoms with Gasteiger partial charge in [0.25, 0.3) is 5.91 Å². The number of carbonyl (C=O) groups excluding carboxylic acids is 1. The lowest BCUT2D eigenvalue weighted by Gasteiger charge is -2.22. The predicted molar refractivity (Wildman–Crippen MR) is 98.8 cm³/mol. The molecule has 2 aromatic heterocycles. The van der Waals surface area contributed by atoms with Crippen LogP contribution in [0.25, 0.3) is 0 Å². The number of alkyl halides is 4. The molecule has 0 saturated carbocycles. The molecular weight excluding hydrogens is 400 g/mol. The largest absolute Gasteiger partial charge is 0.418 e. The minimum atomic E-state index is -4.69. The molecule has 0 aliphatic heterocycles. The van der Waals surface area contributed by atoms with Gasteiger partial charge in [-0.15, -0.1) is 0 Å². The molecule has 0 fully saturated rings. The number of hydrogen-bond acceptors (Lipinski definition) is 4. The van der Waals surface area contributed by atoms with Crippen LogP contribution < -0.4 is 5.32 Å². The van der Waals surface area contributed by atoms with Crippen LogP contribution in [0.4, 0.5) is 17.6 Å². The number of nitrogens with one attached hydrogen (secondary N) is 1. The van der Waals surface area contributed by atoms with Crippen molar-refractivity contribution in [3.05, 3.63) is 94.6 Å². The maximum atomic E-state index is 13.5. The van der Waals surface area contributed by atoms with Crippen molar-refractivity contribution in [1.82, 2.24) is 15.3 Å². The van der Waals surface area contributed by atoms with Gasteiger partial charge in [0.05, 0.1) is 22.9 Å². The fraction of sp³-hybridized carbons (Fsp3) is 0.143. The van der Waals surface area contributed by atoms with E-state index in [9.17, 15) is 22.4 Å². The van der Waals surface area contributed by atoms with Crippen LogP contribution in [0.3, 0.4) is 0 Å². The highest BCUT2D eigenvalue weighted by Crippen LogP contribution is 2.35. The first-order chi connectivity index (χ1) is 14.3. The van der Waals surface area contributed by atoms with Gasteiger partial charge < -0.3 is 5.32 Å². The zero-order valence-corrected chi connectivity index (χ0v) is 15.3. The number of hydrogen-bond donors (Lipinski definition) is 1. The molecule has 2 heterocycles. The van der Waals surface area contributed by atoms with E-state index < -0.39 is 36.1 Å². The van der Waals surface area contributed by atoms with Crippen molar-refractivity contribution in [3.8, 4) is 6.07 Å². The van der Waals surface area contributed by atoms with E-state index in [0.29, 0.717) is 11.1 Å². The molecule has 0 aliphatic rings. The van der Waals surface area contributed by atoms with Gasteiger partial charge in [0, 0.05) is 12.4 Å². The van der Waals surface area contributed by atoms with Crippen molar-refractivity contribution in [2.45, 2.75) is 18.9 Å². The summed E-state index contributed by atoms with van der Waals surface area (Å²) >= 11 is 0. The summed E-state index contributed by atoms with van der Waals surface area (Å²) in [4.78, 5) is 20.3. The van der Waals surface area contributed by atoms with Crippen molar-refractivity contribution >= 4 is 5.91 Å². The topological polar surface area (TPSA) is 78.7 Å². The minimum absolute atomic E-state index is 0.0591. The van der Waals surface area contributed by atoms with Crippen LogP contribution >= 0.6 is 0 Å². The zero-order chi connectivity index (χ0) is 21.7. The fourth-order valence-electron chi connectivity index (χ4n) is 2.80. The lowest BCUT2D eigenvalue weighted by Crippen LogP contribution is -2.31. The Labute approximate surface area is 169 Å². The van der Waals surface area contributed by atoms with Crippen LogP contribution in [0.1, 0.15) is 44.5 Å². The number of benzene rings is 1. The smallest absolute Gasteiger partial charge is 0.339 e. The van der Waals surface area contributed by atoms with Crippen molar-refractivity contribution in [2.75, 3.05) is 0 Å². The van der Waals surface area contributed by atoms with E-state index in [1.807, 2.05) is 6.07 Å². The number of pyridine rings is 2. The molecular formula is C21H14F4N4O. The Balaban J connectivity index is 2.04. The lowest BCUT2D eigenvalue weighted by molar-refractivity contribution is -0.138. The molecule has 1 aromatic carbocycles. The highest BCUT2D eigenvalue weighted by molar-refractivity contribution is 5.94. The van der Waals surface area contributed by atoms with E-state index >= 15 is 0 Å². The Hall–Kier alpha value is -3.80. The van der Waals surface area contributed by atoms with Gasteiger partial charge in [-0.05, 0) is 35.4 Å². The van der Waals surface area contributed by atoms with Crippen LogP contribution in [0.2, 0.25) is 0 Å². The van der Waals surface area contributed by atoms with Crippen molar-refractivity contribution < 1.29 is 22.4 Å². The molecule has 0 aliphatic carbocycles. The summed E-state index contributed by atoms with van der Waals surface area (Å²) in [6.45, 7) is -0.731. The Morgan fingerprint density at radius 2 is 1.83 bits per heavy atom. The fourth-order valence-corrected chi connectivity index (χ4v) is 2.80. The maximum Gasteiger partial charge on any atom is 0.418 e. The summed E-state index contributed by atoms with van der Waals surface area (Å²) in [5.41, 5.74) is -0.600. The van der Waals surface area contributed by atoms with E-state index in [1.54, 1.807) is 0 Å². The molecule has 5 nitrogen and oxygen atoms in total. The second kappa shape index (κ2) is 8.69. The van der Waals surface area contributed by atoms with Gasteiger partial charge >= 0.3 is 6.18 Å². The van der Waals surface area contributed by atoms with E-state index in [-0.39, 0.29) is 11.3 Å². The van der Waals surface area contributed by atoms with Gasteiger partial charge in [0.15, 0.2) is 0 Å². The summed E-state index contributed by atoms with van der Waals surface area (Å²) in [6.07, 6.45) is -2.34. The summed E-state index contributed by atoms with van der Waals surface area (Å²) in [6, 6.07) is 11.0. The van der Waals surface area contributed by atoms with Crippen LogP contribution in [-0.2, 0) is 12.9 Å². The van der Waals surface area contributed by atoms with Crippen LogP contribution in [0.15, 0.2) is 60.9 Å².